The summed E-state index contributed by atoms with van der Waals surface area (Å²) in [6, 6.07) is -0.181. The number of fused-ring (bicyclic) bond motifs is 1. The Morgan fingerprint density at radius 3 is 2.44 bits per heavy atom. The lowest BCUT2D eigenvalue weighted by Crippen LogP contribution is -2.47. The molecule has 1 amide bonds. The van der Waals surface area contributed by atoms with Gasteiger partial charge in [-0.2, -0.15) is 13.2 Å². The van der Waals surface area contributed by atoms with Crippen molar-refractivity contribution in [2.45, 2.75) is 37.2 Å². The van der Waals surface area contributed by atoms with E-state index in [4.69, 9.17) is 14.6 Å². The van der Waals surface area contributed by atoms with E-state index < -0.39 is 18.0 Å². The van der Waals surface area contributed by atoms with Crippen molar-refractivity contribution in [2.24, 2.45) is 0 Å². The molecular weight excluding hydrogens is 440 g/mol. The fourth-order valence-corrected chi connectivity index (χ4v) is 3.43. The fraction of sp³-hybridized carbons (Fsp3) is 0.444. The van der Waals surface area contributed by atoms with Crippen LogP contribution in [0.2, 0.25) is 0 Å². The average molecular weight is 458 g/mol. The highest BCUT2D eigenvalue weighted by atomic mass is 19.4. The normalized spacial score (nSPS) is 22.4. The Kier molecular flexibility index (Phi) is 7.12. The van der Waals surface area contributed by atoms with Crippen LogP contribution in [-0.2, 0) is 9.53 Å². The summed E-state index contributed by atoms with van der Waals surface area (Å²) in [6.07, 6.45) is 3.28. The van der Waals surface area contributed by atoms with E-state index >= 15 is 0 Å². The molecule has 0 spiro atoms. The molecule has 2 N–H and O–H groups in total. The standard InChI is InChI=1S/C16H17FN6O2.C2HF3O2/c17-10-6-20-16(21-7-10)23-9-12(14-13(23)2-1-5-25-14)22-15(24)11-8-18-3-4-19-11;3-2(4,5)1(6)7/h3-4,6-8,12-14H,1-2,5,9H2,(H,22,24);(H,6,7)/t12-,13+,14+;/m1./s1. The van der Waals surface area contributed by atoms with Gasteiger partial charge in [0.25, 0.3) is 5.91 Å². The van der Waals surface area contributed by atoms with Gasteiger partial charge >= 0.3 is 12.1 Å². The van der Waals surface area contributed by atoms with Crippen LogP contribution in [0.5, 0.6) is 0 Å². The number of carbonyl (C=O) groups excluding carboxylic acids is 1. The predicted molar refractivity (Wildman–Crippen MR) is 99.1 cm³/mol. The molecule has 10 nitrogen and oxygen atoms in total. The second-order valence-corrected chi connectivity index (χ2v) is 6.87. The average Bonchev–Trinajstić information content (AvgIpc) is 3.13. The van der Waals surface area contributed by atoms with Crippen molar-refractivity contribution < 1.29 is 37.0 Å². The monoisotopic (exact) mass is 458 g/mol. The van der Waals surface area contributed by atoms with Crippen LogP contribution in [0.3, 0.4) is 0 Å². The van der Waals surface area contributed by atoms with Gasteiger partial charge in [0.2, 0.25) is 5.95 Å². The second kappa shape index (κ2) is 9.80. The topological polar surface area (TPSA) is 130 Å². The highest BCUT2D eigenvalue weighted by Gasteiger charge is 2.45. The molecule has 2 aliphatic rings. The minimum Gasteiger partial charge on any atom is -0.475 e. The van der Waals surface area contributed by atoms with Gasteiger partial charge < -0.3 is 20.1 Å². The summed E-state index contributed by atoms with van der Waals surface area (Å²) >= 11 is 0. The first-order valence-corrected chi connectivity index (χ1v) is 9.39. The summed E-state index contributed by atoms with van der Waals surface area (Å²) in [5.41, 5.74) is 0.256. The number of rotatable bonds is 3. The van der Waals surface area contributed by atoms with E-state index in [0.717, 1.165) is 25.2 Å². The molecule has 0 unspecified atom stereocenters. The summed E-state index contributed by atoms with van der Waals surface area (Å²) < 4.78 is 50.7. The van der Waals surface area contributed by atoms with E-state index in [1.807, 2.05) is 4.90 Å². The number of ether oxygens (including phenoxy) is 1. The Morgan fingerprint density at radius 1 is 1.16 bits per heavy atom. The molecule has 14 heteroatoms. The van der Waals surface area contributed by atoms with Crippen LogP contribution in [-0.4, -0.2) is 74.4 Å². The van der Waals surface area contributed by atoms with Gasteiger partial charge in [0.15, 0.2) is 5.82 Å². The fourth-order valence-electron chi connectivity index (χ4n) is 3.43. The van der Waals surface area contributed by atoms with Crippen molar-refractivity contribution in [1.82, 2.24) is 25.3 Å². The minimum atomic E-state index is -5.08. The third kappa shape index (κ3) is 5.63. The molecule has 0 saturated carbocycles. The number of carboxylic acid groups (broad SMARTS) is 1. The number of alkyl halides is 3. The maximum absolute atomic E-state index is 13.1. The summed E-state index contributed by atoms with van der Waals surface area (Å²) in [4.78, 5) is 39.3. The number of hydrogen-bond acceptors (Lipinski definition) is 8. The zero-order valence-electron chi connectivity index (χ0n) is 16.4. The number of aliphatic carboxylic acids is 1. The minimum absolute atomic E-state index is 0.0476. The number of anilines is 1. The van der Waals surface area contributed by atoms with Crippen LogP contribution in [0.4, 0.5) is 23.5 Å². The van der Waals surface area contributed by atoms with E-state index in [-0.39, 0.29) is 29.8 Å². The molecule has 2 aromatic rings. The van der Waals surface area contributed by atoms with Crippen molar-refractivity contribution in [2.75, 3.05) is 18.1 Å². The van der Waals surface area contributed by atoms with Gasteiger partial charge in [-0.15, -0.1) is 0 Å². The van der Waals surface area contributed by atoms with Gasteiger partial charge in [-0.3, -0.25) is 9.78 Å². The number of nitrogens with one attached hydrogen (secondary N) is 1. The first-order valence-electron chi connectivity index (χ1n) is 9.39. The molecule has 0 aromatic carbocycles. The lowest BCUT2D eigenvalue weighted by atomic mass is 10.0. The van der Waals surface area contributed by atoms with E-state index in [0.29, 0.717) is 19.1 Å². The summed E-state index contributed by atoms with van der Waals surface area (Å²) in [5.74, 6) is -3.09. The maximum Gasteiger partial charge on any atom is 0.490 e. The Balaban J connectivity index is 0.000000360. The molecule has 32 heavy (non-hydrogen) atoms. The molecule has 0 radical (unpaired) electrons. The van der Waals surface area contributed by atoms with Crippen molar-refractivity contribution in [1.29, 1.82) is 0 Å². The highest BCUT2D eigenvalue weighted by Crippen LogP contribution is 2.31. The van der Waals surface area contributed by atoms with Crippen LogP contribution >= 0.6 is 0 Å². The second-order valence-electron chi connectivity index (χ2n) is 6.87. The van der Waals surface area contributed by atoms with Crippen molar-refractivity contribution in [3.63, 3.8) is 0 Å². The number of halogens is 4. The number of carboxylic acids is 1. The van der Waals surface area contributed by atoms with Crippen LogP contribution in [0.25, 0.3) is 0 Å². The third-order valence-corrected chi connectivity index (χ3v) is 4.74. The zero-order valence-corrected chi connectivity index (χ0v) is 16.4. The van der Waals surface area contributed by atoms with Crippen LogP contribution < -0.4 is 10.2 Å². The van der Waals surface area contributed by atoms with Crippen LogP contribution in [0.1, 0.15) is 23.3 Å². The van der Waals surface area contributed by atoms with Gasteiger partial charge in [0.1, 0.15) is 5.69 Å². The largest absolute Gasteiger partial charge is 0.490 e. The molecule has 172 valence electrons. The molecule has 2 saturated heterocycles. The first kappa shape index (κ1) is 23.2. The third-order valence-electron chi connectivity index (χ3n) is 4.74. The lowest BCUT2D eigenvalue weighted by molar-refractivity contribution is -0.192. The molecule has 0 aliphatic carbocycles. The van der Waals surface area contributed by atoms with E-state index in [1.54, 1.807) is 0 Å². The zero-order chi connectivity index (χ0) is 23.3. The van der Waals surface area contributed by atoms with E-state index in [9.17, 15) is 22.4 Å². The quantitative estimate of drug-likeness (QED) is 0.652. The summed E-state index contributed by atoms with van der Waals surface area (Å²) in [7, 11) is 0. The molecule has 4 heterocycles. The smallest absolute Gasteiger partial charge is 0.475 e. The Labute approximate surface area is 178 Å². The van der Waals surface area contributed by atoms with E-state index in [2.05, 4.69) is 25.3 Å². The summed E-state index contributed by atoms with van der Waals surface area (Å²) in [5, 5.41) is 10.1. The van der Waals surface area contributed by atoms with E-state index in [1.165, 1.54) is 18.6 Å². The molecule has 0 bridgehead atoms. The number of hydrogen-bond donors (Lipinski definition) is 2. The van der Waals surface area contributed by atoms with Crippen molar-refractivity contribution in [3.05, 3.63) is 42.5 Å². The molecule has 4 rings (SSSR count). The summed E-state index contributed by atoms with van der Waals surface area (Å²) in [6.45, 7) is 1.14. The van der Waals surface area contributed by atoms with Gasteiger partial charge in [-0.05, 0) is 12.8 Å². The van der Waals surface area contributed by atoms with Gasteiger partial charge in [-0.25, -0.2) is 24.1 Å². The van der Waals surface area contributed by atoms with Crippen LogP contribution in [0.15, 0.2) is 31.0 Å². The molecule has 2 aromatic heterocycles. The SMILES string of the molecule is O=C(N[C@@H]1CN(c2ncc(F)cn2)[C@H]2CCCO[C@@H]12)c1cnccn1.O=C(O)C(F)(F)F. The van der Waals surface area contributed by atoms with Crippen LogP contribution in [0, 0.1) is 5.82 Å². The molecule has 2 fully saturated rings. The van der Waals surface area contributed by atoms with Gasteiger partial charge in [0, 0.05) is 25.5 Å². The van der Waals surface area contributed by atoms with Crippen molar-refractivity contribution in [3.8, 4) is 0 Å². The Hall–Kier alpha value is -3.42. The maximum atomic E-state index is 13.1. The Morgan fingerprint density at radius 2 is 1.84 bits per heavy atom. The number of nitrogens with zero attached hydrogens (tertiary/aromatic N) is 5. The number of carbonyl (C=O) groups is 2. The van der Waals surface area contributed by atoms with Gasteiger partial charge in [0.05, 0.1) is 36.8 Å². The number of aromatic nitrogens is 4. The predicted octanol–water partition coefficient (Wildman–Crippen LogP) is 1.21. The van der Waals surface area contributed by atoms with Gasteiger partial charge in [-0.1, -0.05) is 0 Å². The number of amides is 1. The first-order chi connectivity index (χ1) is 15.2. The molecule has 3 atom stereocenters. The van der Waals surface area contributed by atoms with Crippen molar-refractivity contribution >= 4 is 17.8 Å². The Bertz CT molecular complexity index is 931. The highest BCUT2D eigenvalue weighted by molar-refractivity contribution is 5.92. The molecular formula is C18H18F4N6O4. The molecule has 2 aliphatic heterocycles. The lowest BCUT2D eigenvalue weighted by Gasteiger charge is -2.32.